The van der Waals surface area contributed by atoms with Crippen molar-refractivity contribution in [3.8, 4) is 0 Å². The molecule has 2 N–H and O–H groups in total. The zero-order chi connectivity index (χ0) is 16.2. The number of benzene rings is 1. The minimum absolute atomic E-state index is 0.0158. The van der Waals surface area contributed by atoms with Gasteiger partial charge in [0, 0.05) is 29.3 Å². The van der Waals surface area contributed by atoms with Crippen molar-refractivity contribution in [2.45, 2.75) is 13.8 Å². The number of nitro benzene ring substituents is 1. The SMILES string of the molecule is CC(C)C(CNC(=O)c1cc(Cl)cc([N+](=O)[O-])c1)C(=O)O. The third-order valence-electron chi connectivity index (χ3n) is 2.96. The Labute approximate surface area is 126 Å². The number of carboxylic acid groups (broad SMARTS) is 1. The van der Waals surface area contributed by atoms with Crippen molar-refractivity contribution in [2.24, 2.45) is 11.8 Å². The number of rotatable bonds is 6. The molecule has 0 saturated carbocycles. The molecule has 0 spiro atoms. The number of carbonyl (C=O) groups excluding carboxylic acids is 1. The molecule has 0 aliphatic rings. The van der Waals surface area contributed by atoms with Gasteiger partial charge in [-0.05, 0) is 12.0 Å². The molecule has 21 heavy (non-hydrogen) atoms. The fraction of sp³-hybridized carbons (Fsp3) is 0.385. The van der Waals surface area contributed by atoms with E-state index in [9.17, 15) is 19.7 Å². The monoisotopic (exact) mass is 314 g/mol. The molecular weight excluding hydrogens is 300 g/mol. The Hall–Kier alpha value is -2.15. The molecule has 114 valence electrons. The standard InChI is InChI=1S/C13H15ClN2O5/c1-7(2)11(13(18)19)6-15-12(17)8-3-9(14)5-10(4-8)16(20)21/h3-5,7,11H,6H2,1-2H3,(H,15,17)(H,18,19). The van der Waals surface area contributed by atoms with Crippen LogP contribution >= 0.6 is 11.6 Å². The second-order valence-electron chi connectivity index (χ2n) is 4.85. The Bertz CT molecular complexity index is 574. The number of nitrogens with one attached hydrogen (secondary N) is 1. The molecule has 1 unspecified atom stereocenters. The van der Waals surface area contributed by atoms with Gasteiger partial charge in [0.05, 0.1) is 10.8 Å². The number of hydrogen-bond acceptors (Lipinski definition) is 4. The van der Waals surface area contributed by atoms with Crippen molar-refractivity contribution in [2.75, 3.05) is 6.54 Å². The van der Waals surface area contributed by atoms with Gasteiger partial charge < -0.3 is 10.4 Å². The lowest BCUT2D eigenvalue weighted by Gasteiger charge is -2.16. The zero-order valence-electron chi connectivity index (χ0n) is 11.5. The van der Waals surface area contributed by atoms with Crippen molar-refractivity contribution in [3.05, 3.63) is 38.9 Å². The molecule has 1 amide bonds. The summed E-state index contributed by atoms with van der Waals surface area (Å²) < 4.78 is 0. The quantitative estimate of drug-likeness (QED) is 0.618. The smallest absolute Gasteiger partial charge is 0.308 e. The Morgan fingerprint density at radius 1 is 1.38 bits per heavy atom. The number of halogens is 1. The van der Waals surface area contributed by atoms with E-state index in [0.29, 0.717) is 0 Å². The minimum atomic E-state index is -1.01. The summed E-state index contributed by atoms with van der Waals surface area (Å²) in [5.74, 6) is -2.51. The van der Waals surface area contributed by atoms with Crippen molar-refractivity contribution in [1.29, 1.82) is 0 Å². The summed E-state index contributed by atoms with van der Waals surface area (Å²) in [5.41, 5.74) is -0.284. The maximum absolute atomic E-state index is 11.9. The molecule has 0 aromatic heterocycles. The molecular formula is C13H15ClN2O5. The lowest BCUT2D eigenvalue weighted by molar-refractivity contribution is -0.384. The number of non-ortho nitro benzene ring substituents is 1. The van der Waals surface area contributed by atoms with E-state index in [-0.39, 0.29) is 28.7 Å². The third-order valence-corrected chi connectivity index (χ3v) is 3.18. The molecule has 0 radical (unpaired) electrons. The van der Waals surface area contributed by atoms with Crippen LogP contribution in [0.4, 0.5) is 5.69 Å². The van der Waals surface area contributed by atoms with E-state index in [2.05, 4.69) is 5.32 Å². The number of aliphatic carboxylic acids is 1. The van der Waals surface area contributed by atoms with Crippen LogP contribution in [0.1, 0.15) is 24.2 Å². The van der Waals surface area contributed by atoms with Crippen LogP contribution in [-0.2, 0) is 4.79 Å². The number of carboxylic acids is 1. The summed E-state index contributed by atoms with van der Waals surface area (Å²) in [7, 11) is 0. The topological polar surface area (TPSA) is 110 Å². The van der Waals surface area contributed by atoms with E-state index in [1.54, 1.807) is 13.8 Å². The number of hydrogen-bond donors (Lipinski definition) is 2. The maximum Gasteiger partial charge on any atom is 0.308 e. The van der Waals surface area contributed by atoms with Gasteiger partial charge in [-0.1, -0.05) is 25.4 Å². The van der Waals surface area contributed by atoms with Crippen LogP contribution in [0.15, 0.2) is 18.2 Å². The predicted octanol–water partition coefficient (Wildman–Crippen LogP) is 2.33. The number of carbonyl (C=O) groups is 2. The summed E-state index contributed by atoms with van der Waals surface area (Å²) in [6.45, 7) is 3.40. The minimum Gasteiger partial charge on any atom is -0.481 e. The molecule has 7 nitrogen and oxygen atoms in total. The van der Waals surface area contributed by atoms with Gasteiger partial charge in [-0.3, -0.25) is 19.7 Å². The van der Waals surface area contributed by atoms with Gasteiger partial charge in [0.2, 0.25) is 0 Å². The Balaban J connectivity index is 2.85. The van der Waals surface area contributed by atoms with Crippen molar-refractivity contribution in [1.82, 2.24) is 5.32 Å². The average molecular weight is 315 g/mol. The van der Waals surface area contributed by atoms with Crippen molar-refractivity contribution >= 4 is 29.2 Å². The summed E-state index contributed by atoms with van der Waals surface area (Å²) in [5, 5.41) is 22.3. The molecule has 0 bridgehead atoms. The summed E-state index contributed by atoms with van der Waals surface area (Å²) in [6, 6.07) is 3.51. The third kappa shape index (κ3) is 4.71. The van der Waals surface area contributed by atoms with Crippen LogP contribution in [0.3, 0.4) is 0 Å². The van der Waals surface area contributed by atoms with E-state index in [1.807, 2.05) is 0 Å². The van der Waals surface area contributed by atoms with Gasteiger partial charge in [-0.2, -0.15) is 0 Å². The molecule has 1 aromatic rings. The van der Waals surface area contributed by atoms with Gasteiger partial charge in [-0.15, -0.1) is 0 Å². The van der Waals surface area contributed by atoms with Crippen molar-refractivity contribution < 1.29 is 19.6 Å². The first-order valence-corrected chi connectivity index (χ1v) is 6.56. The average Bonchev–Trinajstić information content (AvgIpc) is 2.36. The van der Waals surface area contributed by atoms with Gasteiger partial charge in [0.15, 0.2) is 0 Å². The van der Waals surface area contributed by atoms with Gasteiger partial charge in [0.1, 0.15) is 0 Å². The van der Waals surface area contributed by atoms with Crippen LogP contribution in [0, 0.1) is 22.0 Å². The highest BCUT2D eigenvalue weighted by Crippen LogP contribution is 2.21. The lowest BCUT2D eigenvalue weighted by Crippen LogP contribution is -2.35. The number of nitrogens with zero attached hydrogens (tertiary/aromatic N) is 1. The second-order valence-corrected chi connectivity index (χ2v) is 5.29. The fourth-order valence-electron chi connectivity index (χ4n) is 1.72. The zero-order valence-corrected chi connectivity index (χ0v) is 12.3. The molecule has 0 aliphatic heterocycles. The maximum atomic E-state index is 11.9. The first kappa shape index (κ1) is 16.9. The van der Waals surface area contributed by atoms with E-state index in [0.717, 1.165) is 12.1 Å². The first-order valence-electron chi connectivity index (χ1n) is 6.18. The molecule has 1 atom stereocenters. The fourth-order valence-corrected chi connectivity index (χ4v) is 1.95. The highest BCUT2D eigenvalue weighted by atomic mass is 35.5. The number of nitro groups is 1. The van der Waals surface area contributed by atoms with Crippen LogP contribution in [0.2, 0.25) is 5.02 Å². The Morgan fingerprint density at radius 3 is 2.48 bits per heavy atom. The van der Waals surface area contributed by atoms with E-state index in [4.69, 9.17) is 16.7 Å². The first-order chi connectivity index (χ1) is 9.72. The predicted molar refractivity (Wildman–Crippen MR) is 76.4 cm³/mol. The van der Waals surface area contributed by atoms with E-state index < -0.39 is 22.7 Å². The molecule has 0 aliphatic carbocycles. The van der Waals surface area contributed by atoms with Crippen molar-refractivity contribution in [3.63, 3.8) is 0 Å². The Kier molecular flexibility index (Phi) is 5.66. The molecule has 0 saturated heterocycles. The summed E-state index contributed by atoms with van der Waals surface area (Å²) in [4.78, 5) is 33.0. The van der Waals surface area contributed by atoms with Gasteiger partial charge in [0.25, 0.3) is 11.6 Å². The number of amides is 1. The Morgan fingerprint density at radius 2 is 2.00 bits per heavy atom. The summed E-state index contributed by atoms with van der Waals surface area (Å²) in [6.07, 6.45) is 0. The van der Waals surface area contributed by atoms with Crippen LogP contribution in [0.25, 0.3) is 0 Å². The normalized spacial score (nSPS) is 12.0. The van der Waals surface area contributed by atoms with E-state index in [1.165, 1.54) is 6.07 Å². The molecule has 0 heterocycles. The highest BCUT2D eigenvalue weighted by molar-refractivity contribution is 6.31. The van der Waals surface area contributed by atoms with Crippen LogP contribution in [0.5, 0.6) is 0 Å². The van der Waals surface area contributed by atoms with Crippen LogP contribution < -0.4 is 5.32 Å². The lowest BCUT2D eigenvalue weighted by atomic mass is 9.96. The van der Waals surface area contributed by atoms with Gasteiger partial charge >= 0.3 is 5.97 Å². The highest BCUT2D eigenvalue weighted by Gasteiger charge is 2.22. The molecule has 8 heteroatoms. The summed E-state index contributed by atoms with van der Waals surface area (Å²) >= 11 is 5.72. The largest absolute Gasteiger partial charge is 0.481 e. The van der Waals surface area contributed by atoms with Gasteiger partial charge in [-0.25, -0.2) is 0 Å². The van der Waals surface area contributed by atoms with Crippen LogP contribution in [-0.4, -0.2) is 28.5 Å². The molecule has 1 rings (SSSR count). The molecule has 0 fully saturated rings. The van der Waals surface area contributed by atoms with E-state index >= 15 is 0 Å². The molecule has 1 aromatic carbocycles. The second kappa shape index (κ2) is 7.03.